The standard InChI is InChI=1S/C20H20FN3OS/c1-15-8-13-26-19(15)6-7-20(25)24-11-9-23(10-12-24)18(14-22)16-2-4-17(21)5-3-16/h2-8,13,18H,9-12H2,1H3/b7-6+/t18-/m1/s1. The lowest BCUT2D eigenvalue weighted by atomic mass is 10.1. The van der Waals surface area contributed by atoms with Crippen molar-refractivity contribution in [3.8, 4) is 6.07 Å². The van der Waals surface area contributed by atoms with Crippen molar-refractivity contribution in [2.45, 2.75) is 13.0 Å². The summed E-state index contributed by atoms with van der Waals surface area (Å²) >= 11 is 1.62. The number of nitrogens with zero attached hydrogens (tertiary/aromatic N) is 3. The third-order valence-electron chi connectivity index (χ3n) is 4.58. The minimum absolute atomic E-state index is 0.00672. The van der Waals surface area contributed by atoms with E-state index < -0.39 is 6.04 Å². The van der Waals surface area contributed by atoms with Gasteiger partial charge >= 0.3 is 0 Å². The van der Waals surface area contributed by atoms with Gasteiger partial charge in [-0.15, -0.1) is 11.3 Å². The molecule has 2 heterocycles. The third-order valence-corrected chi connectivity index (χ3v) is 5.56. The molecular weight excluding hydrogens is 349 g/mol. The van der Waals surface area contributed by atoms with E-state index in [1.54, 1.807) is 34.4 Å². The van der Waals surface area contributed by atoms with Crippen LogP contribution in [0.3, 0.4) is 0 Å². The maximum absolute atomic E-state index is 13.1. The molecule has 0 radical (unpaired) electrons. The number of aryl methyl sites for hydroxylation is 1. The lowest BCUT2D eigenvalue weighted by Crippen LogP contribution is -2.49. The molecule has 26 heavy (non-hydrogen) atoms. The highest BCUT2D eigenvalue weighted by atomic mass is 32.1. The quantitative estimate of drug-likeness (QED) is 0.774. The summed E-state index contributed by atoms with van der Waals surface area (Å²) in [6.07, 6.45) is 3.49. The molecule has 1 aromatic carbocycles. The van der Waals surface area contributed by atoms with Crippen LogP contribution in [-0.4, -0.2) is 41.9 Å². The molecule has 2 aromatic rings. The first-order chi connectivity index (χ1) is 12.6. The Morgan fingerprint density at radius 2 is 1.92 bits per heavy atom. The summed E-state index contributed by atoms with van der Waals surface area (Å²) in [6.45, 7) is 4.41. The number of nitriles is 1. The van der Waals surface area contributed by atoms with E-state index in [1.807, 2.05) is 29.3 Å². The second-order valence-electron chi connectivity index (χ2n) is 6.25. The van der Waals surface area contributed by atoms with Crippen molar-refractivity contribution in [2.24, 2.45) is 0 Å². The van der Waals surface area contributed by atoms with Crippen molar-refractivity contribution in [3.63, 3.8) is 0 Å². The number of piperazine rings is 1. The number of hydrogen-bond acceptors (Lipinski definition) is 4. The summed E-state index contributed by atoms with van der Waals surface area (Å²) in [7, 11) is 0. The molecule has 1 saturated heterocycles. The average molecular weight is 369 g/mol. The number of halogens is 1. The fourth-order valence-corrected chi connectivity index (χ4v) is 3.84. The Morgan fingerprint density at radius 3 is 2.50 bits per heavy atom. The molecular formula is C20H20FN3OS. The van der Waals surface area contributed by atoms with Crippen LogP contribution in [0, 0.1) is 24.1 Å². The summed E-state index contributed by atoms with van der Waals surface area (Å²) in [5.41, 5.74) is 1.95. The molecule has 0 spiro atoms. The van der Waals surface area contributed by atoms with Gasteiger partial charge in [0.2, 0.25) is 5.91 Å². The van der Waals surface area contributed by atoms with Crippen LogP contribution in [0.2, 0.25) is 0 Å². The third kappa shape index (κ3) is 4.18. The van der Waals surface area contributed by atoms with Crippen molar-refractivity contribution in [1.82, 2.24) is 9.80 Å². The van der Waals surface area contributed by atoms with Gasteiger partial charge in [0.05, 0.1) is 6.07 Å². The van der Waals surface area contributed by atoms with Gasteiger partial charge in [0.1, 0.15) is 11.9 Å². The van der Waals surface area contributed by atoms with Crippen molar-refractivity contribution < 1.29 is 9.18 Å². The van der Waals surface area contributed by atoms with Gasteiger partial charge < -0.3 is 4.90 Å². The number of hydrogen-bond donors (Lipinski definition) is 0. The van der Waals surface area contributed by atoms with Crippen molar-refractivity contribution >= 4 is 23.3 Å². The molecule has 0 aliphatic carbocycles. The smallest absolute Gasteiger partial charge is 0.246 e. The Balaban J connectivity index is 1.58. The predicted octanol–water partition coefficient (Wildman–Crippen LogP) is 3.62. The van der Waals surface area contributed by atoms with Crippen molar-refractivity contribution in [1.29, 1.82) is 5.26 Å². The van der Waals surface area contributed by atoms with E-state index in [0.717, 1.165) is 10.4 Å². The first-order valence-corrected chi connectivity index (χ1v) is 9.36. The molecule has 4 nitrogen and oxygen atoms in total. The molecule has 1 atom stereocenters. The monoisotopic (exact) mass is 369 g/mol. The number of carbonyl (C=O) groups is 1. The highest BCUT2D eigenvalue weighted by molar-refractivity contribution is 7.11. The molecule has 1 aliphatic rings. The van der Waals surface area contributed by atoms with E-state index in [2.05, 4.69) is 6.07 Å². The SMILES string of the molecule is Cc1ccsc1/C=C/C(=O)N1CCN([C@H](C#N)c2ccc(F)cc2)CC1. The zero-order valence-electron chi connectivity index (χ0n) is 14.6. The highest BCUT2D eigenvalue weighted by Gasteiger charge is 2.26. The predicted molar refractivity (Wildman–Crippen MR) is 101 cm³/mol. The van der Waals surface area contributed by atoms with Crippen molar-refractivity contribution in [3.05, 3.63) is 63.6 Å². The van der Waals surface area contributed by atoms with Gasteiger partial charge in [0.15, 0.2) is 0 Å². The van der Waals surface area contributed by atoms with Crippen LogP contribution < -0.4 is 0 Å². The van der Waals surface area contributed by atoms with Crippen LogP contribution in [-0.2, 0) is 4.79 Å². The van der Waals surface area contributed by atoms with E-state index in [-0.39, 0.29) is 11.7 Å². The zero-order chi connectivity index (χ0) is 18.5. The Hall–Kier alpha value is -2.49. The lowest BCUT2D eigenvalue weighted by Gasteiger charge is -2.36. The molecule has 3 rings (SSSR count). The van der Waals surface area contributed by atoms with Gasteiger partial charge in [-0.1, -0.05) is 12.1 Å². The Morgan fingerprint density at radius 1 is 1.23 bits per heavy atom. The van der Waals surface area contributed by atoms with Crippen LogP contribution >= 0.6 is 11.3 Å². The minimum atomic E-state index is -0.419. The Bertz CT molecular complexity index is 829. The van der Waals surface area contributed by atoms with Gasteiger partial charge in [0, 0.05) is 37.1 Å². The first-order valence-electron chi connectivity index (χ1n) is 8.48. The van der Waals surface area contributed by atoms with E-state index in [0.29, 0.717) is 26.2 Å². The Labute approximate surface area is 156 Å². The molecule has 1 fully saturated rings. The second kappa shape index (κ2) is 8.26. The average Bonchev–Trinajstić information content (AvgIpc) is 3.07. The normalized spacial score (nSPS) is 16.6. The molecule has 0 saturated carbocycles. The van der Waals surface area contributed by atoms with Crippen LogP contribution in [0.25, 0.3) is 6.08 Å². The lowest BCUT2D eigenvalue weighted by molar-refractivity contribution is -0.127. The fraction of sp³-hybridized carbons (Fsp3) is 0.300. The van der Waals surface area contributed by atoms with Gasteiger partial charge in [-0.05, 0) is 47.7 Å². The van der Waals surface area contributed by atoms with Crippen LogP contribution in [0.1, 0.15) is 22.0 Å². The van der Waals surface area contributed by atoms with Gasteiger partial charge in [-0.2, -0.15) is 5.26 Å². The number of rotatable bonds is 4. The Kier molecular flexibility index (Phi) is 5.82. The molecule has 0 N–H and O–H groups in total. The largest absolute Gasteiger partial charge is 0.337 e. The van der Waals surface area contributed by atoms with E-state index in [1.165, 1.54) is 17.7 Å². The summed E-state index contributed by atoms with van der Waals surface area (Å²) in [6, 6.07) is 9.94. The molecule has 1 aliphatic heterocycles. The van der Waals surface area contributed by atoms with Crippen molar-refractivity contribution in [2.75, 3.05) is 26.2 Å². The fourth-order valence-electron chi connectivity index (χ4n) is 3.02. The topological polar surface area (TPSA) is 47.3 Å². The number of benzene rings is 1. The van der Waals surface area contributed by atoms with Crippen LogP contribution in [0.15, 0.2) is 41.8 Å². The molecule has 1 aromatic heterocycles. The molecule has 0 unspecified atom stereocenters. The van der Waals surface area contributed by atoms with Gasteiger partial charge in [-0.3, -0.25) is 9.69 Å². The maximum atomic E-state index is 13.1. The number of carbonyl (C=O) groups excluding carboxylic acids is 1. The summed E-state index contributed by atoms with van der Waals surface area (Å²) in [4.78, 5) is 17.3. The van der Waals surface area contributed by atoms with E-state index >= 15 is 0 Å². The molecule has 6 heteroatoms. The van der Waals surface area contributed by atoms with E-state index in [4.69, 9.17) is 0 Å². The number of amides is 1. The summed E-state index contributed by atoms with van der Waals surface area (Å²) < 4.78 is 13.1. The second-order valence-corrected chi connectivity index (χ2v) is 7.19. The maximum Gasteiger partial charge on any atom is 0.246 e. The minimum Gasteiger partial charge on any atom is -0.337 e. The van der Waals surface area contributed by atoms with Gasteiger partial charge in [0.25, 0.3) is 0 Å². The molecule has 134 valence electrons. The van der Waals surface area contributed by atoms with E-state index in [9.17, 15) is 14.4 Å². The molecule has 1 amide bonds. The van der Waals surface area contributed by atoms with Gasteiger partial charge in [-0.25, -0.2) is 4.39 Å². The van der Waals surface area contributed by atoms with Crippen LogP contribution in [0.4, 0.5) is 4.39 Å². The molecule has 0 bridgehead atoms. The first kappa shape index (κ1) is 18.3. The highest BCUT2D eigenvalue weighted by Crippen LogP contribution is 2.22. The van der Waals surface area contributed by atoms with Crippen LogP contribution in [0.5, 0.6) is 0 Å². The summed E-state index contributed by atoms with van der Waals surface area (Å²) in [5.74, 6) is -0.318. The zero-order valence-corrected chi connectivity index (χ0v) is 15.4. The summed E-state index contributed by atoms with van der Waals surface area (Å²) in [5, 5.41) is 11.5. The number of thiophene rings is 1.